The molecule has 0 radical (unpaired) electrons. The highest BCUT2D eigenvalue weighted by atomic mass is 16.5. The predicted octanol–water partition coefficient (Wildman–Crippen LogP) is 2.65. The van der Waals surface area contributed by atoms with E-state index in [1.54, 1.807) is 4.68 Å². The van der Waals surface area contributed by atoms with Crippen LogP contribution in [0.2, 0.25) is 0 Å². The van der Waals surface area contributed by atoms with E-state index in [1.807, 2.05) is 71.3 Å². The van der Waals surface area contributed by atoms with Crippen molar-refractivity contribution in [1.82, 2.24) is 25.1 Å². The zero-order chi connectivity index (χ0) is 19.8. The van der Waals surface area contributed by atoms with Gasteiger partial charge in [0.15, 0.2) is 0 Å². The molecule has 3 aromatic rings. The average Bonchev–Trinajstić information content (AvgIpc) is 3.42. The highest BCUT2D eigenvalue weighted by Gasteiger charge is 2.42. The lowest BCUT2D eigenvalue weighted by atomic mass is 10.1. The van der Waals surface area contributed by atoms with E-state index in [0.29, 0.717) is 5.95 Å². The van der Waals surface area contributed by atoms with Crippen LogP contribution in [0.5, 0.6) is 11.5 Å². The van der Waals surface area contributed by atoms with Crippen LogP contribution in [0.4, 0.5) is 5.95 Å². The number of hydrogen-bond acceptors (Lipinski definition) is 6. The fraction of sp³-hybridized carbons (Fsp3) is 0.333. The fourth-order valence-electron chi connectivity index (χ4n) is 4.14. The Morgan fingerprint density at radius 2 is 1.76 bits per heavy atom. The molecule has 0 spiro atoms. The lowest BCUT2D eigenvalue weighted by molar-refractivity contribution is -0.134. The number of hydrogen-bond donors (Lipinski definition) is 0. The Labute approximate surface area is 168 Å². The van der Waals surface area contributed by atoms with Crippen LogP contribution in [-0.2, 0) is 4.79 Å². The largest absolute Gasteiger partial charge is 0.457 e. The number of tetrazole rings is 1. The van der Waals surface area contributed by atoms with Gasteiger partial charge in [0.25, 0.3) is 5.95 Å². The highest BCUT2D eigenvalue weighted by molar-refractivity contribution is 5.86. The van der Waals surface area contributed by atoms with Crippen LogP contribution in [0.1, 0.15) is 19.8 Å². The van der Waals surface area contributed by atoms with E-state index in [9.17, 15) is 4.79 Å². The van der Waals surface area contributed by atoms with Crippen molar-refractivity contribution < 1.29 is 9.53 Å². The number of rotatable bonds is 4. The summed E-state index contributed by atoms with van der Waals surface area (Å²) >= 11 is 0. The molecule has 2 aliphatic rings. The summed E-state index contributed by atoms with van der Waals surface area (Å²) < 4.78 is 7.54. The molecule has 5 rings (SSSR count). The number of para-hydroxylation sites is 1. The minimum atomic E-state index is -0.283. The Hall–Kier alpha value is -3.42. The van der Waals surface area contributed by atoms with Gasteiger partial charge in [0.2, 0.25) is 5.91 Å². The molecular formula is C21H22N6O2. The Morgan fingerprint density at radius 1 is 1.00 bits per heavy atom. The monoisotopic (exact) mass is 390 g/mol. The van der Waals surface area contributed by atoms with Crippen molar-refractivity contribution in [3.63, 3.8) is 0 Å². The summed E-state index contributed by atoms with van der Waals surface area (Å²) in [6.45, 7) is 3.53. The smallest absolute Gasteiger partial charge is 0.251 e. The number of carbonyl (C=O) groups excluding carboxylic acids is 1. The summed E-state index contributed by atoms with van der Waals surface area (Å²) in [5.74, 6) is 2.26. The summed E-state index contributed by atoms with van der Waals surface area (Å²) in [6.07, 6.45) is 2.09. The summed E-state index contributed by atoms with van der Waals surface area (Å²) in [5.41, 5.74) is 0.818. The Balaban J connectivity index is 1.39. The Kier molecular flexibility index (Phi) is 4.38. The molecule has 3 heterocycles. The van der Waals surface area contributed by atoms with E-state index in [0.717, 1.165) is 43.1 Å². The molecule has 1 aromatic heterocycles. The minimum absolute atomic E-state index is 0.153. The standard InChI is InChI=1S/C21H22N6O2/c1-15-20(28)25-13-5-6-17(25)14-26(15)21-22-23-24-27(21)16-9-11-19(12-10-16)29-18-7-3-2-4-8-18/h2-4,7-12,15,17H,5-6,13-14H2,1H3/t15-,17+/m0/s1. The summed E-state index contributed by atoms with van der Waals surface area (Å²) in [4.78, 5) is 16.8. The molecule has 2 atom stereocenters. The van der Waals surface area contributed by atoms with Gasteiger partial charge in [-0.05, 0) is 66.6 Å². The second-order valence-corrected chi connectivity index (χ2v) is 7.46. The zero-order valence-corrected chi connectivity index (χ0v) is 16.2. The molecule has 2 fully saturated rings. The molecule has 8 heteroatoms. The molecule has 2 aromatic carbocycles. The number of ether oxygens (including phenoxy) is 1. The lowest BCUT2D eigenvalue weighted by Crippen LogP contribution is -2.59. The third-order valence-electron chi connectivity index (χ3n) is 5.66. The second-order valence-electron chi connectivity index (χ2n) is 7.46. The zero-order valence-electron chi connectivity index (χ0n) is 16.2. The van der Waals surface area contributed by atoms with Crippen molar-refractivity contribution in [2.24, 2.45) is 0 Å². The Morgan fingerprint density at radius 3 is 2.55 bits per heavy atom. The number of anilines is 1. The molecular weight excluding hydrogens is 368 g/mol. The fourth-order valence-corrected chi connectivity index (χ4v) is 4.14. The average molecular weight is 390 g/mol. The van der Waals surface area contributed by atoms with Gasteiger partial charge in [0.05, 0.1) is 5.69 Å². The first-order valence-electron chi connectivity index (χ1n) is 9.89. The maximum absolute atomic E-state index is 12.8. The molecule has 29 heavy (non-hydrogen) atoms. The number of carbonyl (C=O) groups is 1. The maximum Gasteiger partial charge on any atom is 0.251 e. The van der Waals surface area contributed by atoms with Gasteiger partial charge < -0.3 is 14.5 Å². The van der Waals surface area contributed by atoms with Crippen LogP contribution < -0.4 is 9.64 Å². The summed E-state index contributed by atoms with van der Waals surface area (Å²) in [7, 11) is 0. The molecule has 2 saturated heterocycles. The third kappa shape index (κ3) is 3.20. The van der Waals surface area contributed by atoms with E-state index in [-0.39, 0.29) is 18.0 Å². The Bertz CT molecular complexity index is 1000. The van der Waals surface area contributed by atoms with Gasteiger partial charge in [0, 0.05) is 19.1 Å². The minimum Gasteiger partial charge on any atom is -0.457 e. The molecule has 0 bridgehead atoms. The van der Waals surface area contributed by atoms with Gasteiger partial charge in [-0.15, -0.1) is 0 Å². The second kappa shape index (κ2) is 7.20. The summed E-state index contributed by atoms with van der Waals surface area (Å²) in [6, 6.07) is 17.2. The topological polar surface area (TPSA) is 76.4 Å². The van der Waals surface area contributed by atoms with Gasteiger partial charge in [-0.3, -0.25) is 4.79 Å². The predicted molar refractivity (Wildman–Crippen MR) is 107 cm³/mol. The van der Waals surface area contributed by atoms with Gasteiger partial charge >= 0.3 is 0 Å². The molecule has 2 aliphatic heterocycles. The van der Waals surface area contributed by atoms with Crippen LogP contribution in [0.15, 0.2) is 54.6 Å². The van der Waals surface area contributed by atoms with Gasteiger partial charge in [-0.25, -0.2) is 0 Å². The van der Waals surface area contributed by atoms with Gasteiger partial charge in [-0.1, -0.05) is 23.3 Å². The van der Waals surface area contributed by atoms with E-state index in [2.05, 4.69) is 15.5 Å². The normalized spacial score (nSPS) is 21.3. The quantitative estimate of drug-likeness (QED) is 0.682. The van der Waals surface area contributed by atoms with Crippen molar-refractivity contribution in [2.75, 3.05) is 18.0 Å². The highest BCUT2D eigenvalue weighted by Crippen LogP contribution is 2.30. The van der Waals surface area contributed by atoms with Crippen molar-refractivity contribution in [1.29, 1.82) is 0 Å². The van der Waals surface area contributed by atoms with Crippen LogP contribution in [0.3, 0.4) is 0 Å². The van der Waals surface area contributed by atoms with E-state index in [1.165, 1.54) is 0 Å². The third-order valence-corrected chi connectivity index (χ3v) is 5.66. The lowest BCUT2D eigenvalue weighted by Gasteiger charge is -2.41. The number of amides is 1. The van der Waals surface area contributed by atoms with Crippen LogP contribution >= 0.6 is 0 Å². The number of aromatic nitrogens is 4. The molecule has 0 N–H and O–H groups in total. The molecule has 1 amide bonds. The van der Waals surface area contributed by atoms with Crippen molar-refractivity contribution in [3.05, 3.63) is 54.6 Å². The molecule has 0 saturated carbocycles. The SMILES string of the molecule is C[C@H]1C(=O)N2CCC[C@@H]2CN1c1nnnn1-c1ccc(Oc2ccccc2)cc1. The van der Waals surface area contributed by atoms with Crippen LogP contribution in [0.25, 0.3) is 5.69 Å². The maximum atomic E-state index is 12.8. The molecule has 0 aliphatic carbocycles. The molecule has 148 valence electrons. The number of benzene rings is 2. The molecule has 0 unspecified atom stereocenters. The number of piperazine rings is 1. The van der Waals surface area contributed by atoms with Gasteiger partial charge in [0.1, 0.15) is 17.5 Å². The van der Waals surface area contributed by atoms with Crippen molar-refractivity contribution in [2.45, 2.75) is 31.8 Å². The number of nitrogens with zero attached hydrogens (tertiary/aromatic N) is 6. The first-order chi connectivity index (χ1) is 14.2. The van der Waals surface area contributed by atoms with Gasteiger partial charge in [-0.2, -0.15) is 4.68 Å². The van der Waals surface area contributed by atoms with Crippen molar-refractivity contribution >= 4 is 11.9 Å². The molecule has 8 nitrogen and oxygen atoms in total. The van der Waals surface area contributed by atoms with Crippen molar-refractivity contribution in [3.8, 4) is 17.2 Å². The van der Waals surface area contributed by atoms with E-state index in [4.69, 9.17) is 4.74 Å². The van der Waals surface area contributed by atoms with E-state index >= 15 is 0 Å². The van der Waals surface area contributed by atoms with E-state index < -0.39 is 0 Å². The number of fused-ring (bicyclic) bond motifs is 1. The van der Waals surface area contributed by atoms with Crippen LogP contribution in [-0.4, -0.2) is 56.2 Å². The first kappa shape index (κ1) is 17.7. The summed E-state index contributed by atoms with van der Waals surface area (Å²) in [5, 5.41) is 12.3. The first-order valence-corrected chi connectivity index (χ1v) is 9.89. The van der Waals surface area contributed by atoms with Crippen LogP contribution in [0, 0.1) is 0 Å².